The lowest BCUT2D eigenvalue weighted by molar-refractivity contribution is -0.122. The Morgan fingerprint density at radius 2 is 2.28 bits per heavy atom. The van der Waals surface area contributed by atoms with Crippen LogP contribution in [0.1, 0.15) is 11.4 Å². The molecule has 6 heteroatoms. The van der Waals surface area contributed by atoms with Crippen LogP contribution in [0.5, 0.6) is 0 Å². The second kappa shape index (κ2) is 5.30. The van der Waals surface area contributed by atoms with E-state index in [2.05, 4.69) is 20.6 Å². The maximum Gasteiger partial charge on any atom is 0.243 e. The van der Waals surface area contributed by atoms with Gasteiger partial charge in [-0.2, -0.15) is 0 Å². The van der Waals surface area contributed by atoms with E-state index >= 15 is 0 Å². The fraction of sp³-hybridized carbons (Fsp3) is 0.583. The van der Waals surface area contributed by atoms with Crippen molar-refractivity contribution >= 4 is 11.7 Å². The molecule has 0 spiro atoms. The summed E-state index contributed by atoms with van der Waals surface area (Å²) >= 11 is 0. The lowest BCUT2D eigenvalue weighted by atomic mass is 10.2. The molecule has 1 atom stereocenters. The number of amides is 1. The standard InChI is InChI=1S/C12H19N5O/c1-8-9(2)16-11(7-15-8)17-5-4-14-6-10(17)12(18)13-3/h7,10,14H,4-6H2,1-3H3,(H,13,18). The van der Waals surface area contributed by atoms with Crippen molar-refractivity contribution in [2.75, 3.05) is 31.6 Å². The molecule has 2 heterocycles. The Kier molecular flexibility index (Phi) is 3.76. The minimum absolute atomic E-state index is 0.00206. The largest absolute Gasteiger partial charge is 0.357 e. The predicted molar refractivity (Wildman–Crippen MR) is 69.6 cm³/mol. The normalized spacial score (nSPS) is 19.7. The van der Waals surface area contributed by atoms with Crippen molar-refractivity contribution in [2.45, 2.75) is 19.9 Å². The van der Waals surface area contributed by atoms with Gasteiger partial charge in [0.2, 0.25) is 5.91 Å². The van der Waals surface area contributed by atoms with Crippen LogP contribution in [-0.2, 0) is 4.79 Å². The molecular formula is C12H19N5O. The number of hydrogen-bond donors (Lipinski definition) is 2. The van der Waals surface area contributed by atoms with Gasteiger partial charge in [-0.1, -0.05) is 0 Å². The zero-order valence-corrected chi connectivity index (χ0v) is 11.0. The Hall–Kier alpha value is -1.69. The molecule has 1 fully saturated rings. The number of piperazine rings is 1. The summed E-state index contributed by atoms with van der Waals surface area (Å²) in [5, 5.41) is 5.92. The van der Waals surface area contributed by atoms with Gasteiger partial charge in [-0.05, 0) is 13.8 Å². The molecule has 1 saturated heterocycles. The van der Waals surface area contributed by atoms with Gasteiger partial charge in [0.25, 0.3) is 0 Å². The topological polar surface area (TPSA) is 70.2 Å². The maximum absolute atomic E-state index is 11.9. The fourth-order valence-corrected chi connectivity index (χ4v) is 2.05. The number of rotatable bonds is 2. The average molecular weight is 249 g/mol. The number of aromatic nitrogens is 2. The molecule has 1 amide bonds. The van der Waals surface area contributed by atoms with Crippen LogP contribution in [0.3, 0.4) is 0 Å². The molecule has 98 valence electrons. The smallest absolute Gasteiger partial charge is 0.243 e. The number of likely N-dealkylation sites (N-methyl/N-ethyl adjacent to an activating group) is 1. The van der Waals surface area contributed by atoms with E-state index in [1.807, 2.05) is 18.7 Å². The summed E-state index contributed by atoms with van der Waals surface area (Å²) in [6.07, 6.45) is 1.74. The monoisotopic (exact) mass is 249 g/mol. The Morgan fingerprint density at radius 1 is 1.50 bits per heavy atom. The molecule has 1 aromatic rings. The molecule has 2 rings (SSSR count). The summed E-state index contributed by atoms with van der Waals surface area (Å²) in [6, 6.07) is -0.222. The van der Waals surface area contributed by atoms with Crippen LogP contribution in [0.25, 0.3) is 0 Å². The molecule has 1 aromatic heterocycles. The van der Waals surface area contributed by atoms with Gasteiger partial charge in [0, 0.05) is 26.7 Å². The van der Waals surface area contributed by atoms with Crippen molar-refractivity contribution < 1.29 is 4.79 Å². The third-order valence-corrected chi connectivity index (χ3v) is 3.27. The van der Waals surface area contributed by atoms with Crippen molar-refractivity contribution in [3.8, 4) is 0 Å². The molecule has 1 aliphatic heterocycles. The number of carbonyl (C=O) groups excluding carboxylic acids is 1. The van der Waals surface area contributed by atoms with Gasteiger partial charge in [-0.25, -0.2) is 4.98 Å². The Morgan fingerprint density at radius 3 is 2.94 bits per heavy atom. The second-order valence-electron chi connectivity index (χ2n) is 4.43. The van der Waals surface area contributed by atoms with Crippen LogP contribution in [0.15, 0.2) is 6.20 Å². The lowest BCUT2D eigenvalue weighted by Crippen LogP contribution is -2.58. The van der Waals surface area contributed by atoms with Gasteiger partial charge in [0.1, 0.15) is 11.9 Å². The fourth-order valence-electron chi connectivity index (χ4n) is 2.05. The van der Waals surface area contributed by atoms with E-state index < -0.39 is 0 Å². The van der Waals surface area contributed by atoms with Gasteiger partial charge in [-0.15, -0.1) is 0 Å². The first-order valence-corrected chi connectivity index (χ1v) is 6.12. The van der Waals surface area contributed by atoms with Crippen molar-refractivity contribution in [3.63, 3.8) is 0 Å². The van der Waals surface area contributed by atoms with Crippen molar-refractivity contribution in [3.05, 3.63) is 17.6 Å². The van der Waals surface area contributed by atoms with Crippen LogP contribution >= 0.6 is 0 Å². The van der Waals surface area contributed by atoms with Crippen LogP contribution in [-0.4, -0.2) is 48.6 Å². The maximum atomic E-state index is 11.9. The summed E-state index contributed by atoms with van der Waals surface area (Å²) in [4.78, 5) is 22.7. The van der Waals surface area contributed by atoms with E-state index in [0.717, 1.165) is 30.3 Å². The van der Waals surface area contributed by atoms with E-state index in [1.54, 1.807) is 13.2 Å². The molecule has 18 heavy (non-hydrogen) atoms. The van der Waals surface area contributed by atoms with Gasteiger partial charge >= 0.3 is 0 Å². The summed E-state index contributed by atoms with van der Waals surface area (Å²) in [5.74, 6) is 0.774. The quantitative estimate of drug-likeness (QED) is 0.747. The highest BCUT2D eigenvalue weighted by atomic mass is 16.2. The van der Waals surface area contributed by atoms with Crippen molar-refractivity contribution in [1.82, 2.24) is 20.6 Å². The number of nitrogens with zero attached hydrogens (tertiary/aromatic N) is 3. The highest BCUT2D eigenvalue weighted by Crippen LogP contribution is 2.16. The number of nitrogens with one attached hydrogen (secondary N) is 2. The van der Waals surface area contributed by atoms with Gasteiger partial charge in [0.05, 0.1) is 17.6 Å². The van der Waals surface area contributed by atoms with Crippen molar-refractivity contribution in [2.24, 2.45) is 0 Å². The molecule has 0 radical (unpaired) electrons. The number of carbonyl (C=O) groups is 1. The van der Waals surface area contributed by atoms with E-state index in [4.69, 9.17) is 0 Å². The molecule has 0 aromatic carbocycles. The highest BCUT2D eigenvalue weighted by molar-refractivity contribution is 5.85. The minimum atomic E-state index is -0.222. The molecule has 0 saturated carbocycles. The summed E-state index contributed by atoms with van der Waals surface area (Å²) < 4.78 is 0. The van der Waals surface area contributed by atoms with E-state index in [9.17, 15) is 4.79 Å². The molecule has 2 N–H and O–H groups in total. The van der Waals surface area contributed by atoms with Gasteiger partial charge in [0.15, 0.2) is 0 Å². The number of hydrogen-bond acceptors (Lipinski definition) is 5. The number of anilines is 1. The summed E-state index contributed by atoms with van der Waals surface area (Å²) in [7, 11) is 1.65. The first kappa shape index (κ1) is 12.8. The SMILES string of the molecule is CNC(=O)C1CNCCN1c1cnc(C)c(C)n1. The van der Waals surface area contributed by atoms with Crippen LogP contribution in [0.2, 0.25) is 0 Å². The van der Waals surface area contributed by atoms with Crippen LogP contribution < -0.4 is 15.5 Å². The minimum Gasteiger partial charge on any atom is -0.357 e. The Labute approximate surface area is 107 Å². The molecule has 0 bridgehead atoms. The first-order valence-electron chi connectivity index (χ1n) is 6.12. The number of aryl methyl sites for hydroxylation is 2. The summed E-state index contributed by atoms with van der Waals surface area (Å²) in [5.41, 5.74) is 1.83. The van der Waals surface area contributed by atoms with E-state index in [1.165, 1.54) is 0 Å². The first-order chi connectivity index (χ1) is 8.63. The van der Waals surface area contributed by atoms with E-state index in [0.29, 0.717) is 6.54 Å². The molecule has 6 nitrogen and oxygen atoms in total. The lowest BCUT2D eigenvalue weighted by Gasteiger charge is -2.35. The molecule has 1 aliphatic rings. The van der Waals surface area contributed by atoms with Crippen LogP contribution in [0.4, 0.5) is 5.82 Å². The second-order valence-corrected chi connectivity index (χ2v) is 4.43. The van der Waals surface area contributed by atoms with Gasteiger partial charge in [-0.3, -0.25) is 9.78 Å². The van der Waals surface area contributed by atoms with Crippen LogP contribution in [0, 0.1) is 13.8 Å². The highest BCUT2D eigenvalue weighted by Gasteiger charge is 2.29. The third-order valence-electron chi connectivity index (χ3n) is 3.27. The van der Waals surface area contributed by atoms with Crippen molar-refractivity contribution in [1.29, 1.82) is 0 Å². The zero-order valence-electron chi connectivity index (χ0n) is 11.0. The zero-order chi connectivity index (χ0) is 13.1. The van der Waals surface area contributed by atoms with E-state index in [-0.39, 0.29) is 11.9 Å². The predicted octanol–water partition coefficient (Wildman–Crippen LogP) is -0.382. The summed E-state index contributed by atoms with van der Waals surface area (Å²) in [6.45, 7) is 6.11. The average Bonchev–Trinajstić information content (AvgIpc) is 2.41. The molecular weight excluding hydrogens is 230 g/mol. The molecule has 1 unspecified atom stereocenters. The molecule has 0 aliphatic carbocycles. The third kappa shape index (κ3) is 2.43. The Bertz CT molecular complexity index is 448. The van der Waals surface area contributed by atoms with Gasteiger partial charge < -0.3 is 15.5 Å². The Balaban J connectivity index is 2.27.